The van der Waals surface area contributed by atoms with Crippen molar-refractivity contribution in [3.05, 3.63) is 35.4 Å². The van der Waals surface area contributed by atoms with Crippen molar-refractivity contribution in [2.75, 3.05) is 20.6 Å². The van der Waals surface area contributed by atoms with Gasteiger partial charge in [0.25, 0.3) is 0 Å². The number of benzene rings is 1. The van der Waals surface area contributed by atoms with Gasteiger partial charge < -0.3 is 10.2 Å². The summed E-state index contributed by atoms with van der Waals surface area (Å²) < 4.78 is 0. The molecule has 1 aliphatic carbocycles. The van der Waals surface area contributed by atoms with E-state index in [0.717, 1.165) is 12.6 Å². The normalized spacial score (nSPS) is 17.8. The quantitative estimate of drug-likeness (QED) is 0.873. The number of nitrogens with zero attached hydrogens (tertiary/aromatic N) is 1. The average Bonchev–Trinajstić information content (AvgIpc) is 3.12. The summed E-state index contributed by atoms with van der Waals surface area (Å²) in [6, 6.07) is 10.4. The highest BCUT2D eigenvalue weighted by atomic mass is 15.1. The van der Waals surface area contributed by atoms with Crippen LogP contribution < -0.4 is 5.32 Å². The molecule has 1 unspecified atom stereocenters. The maximum atomic E-state index is 3.64. The van der Waals surface area contributed by atoms with E-state index in [9.17, 15) is 0 Å². The predicted octanol–water partition coefficient (Wildman–Crippen LogP) is 3.34. The molecule has 1 aromatic carbocycles. The van der Waals surface area contributed by atoms with Crippen molar-refractivity contribution >= 4 is 0 Å². The van der Waals surface area contributed by atoms with E-state index in [-0.39, 0.29) is 5.41 Å². The fraction of sp³-hybridized carbons (Fsp3) is 0.647. The van der Waals surface area contributed by atoms with Gasteiger partial charge in [-0.3, -0.25) is 0 Å². The van der Waals surface area contributed by atoms with Crippen LogP contribution in [0.3, 0.4) is 0 Å². The predicted molar refractivity (Wildman–Crippen MR) is 82.6 cm³/mol. The molecule has 19 heavy (non-hydrogen) atoms. The van der Waals surface area contributed by atoms with Gasteiger partial charge in [-0.25, -0.2) is 0 Å². The standard InChI is InChI=1S/C17H28N2/c1-17(2,3)14-8-6-13(7-9-14)16(19(4)5)12-18-15-10-11-15/h6-9,15-16,18H,10-12H2,1-5H3. The molecule has 1 atom stereocenters. The van der Waals surface area contributed by atoms with Crippen molar-refractivity contribution in [2.24, 2.45) is 0 Å². The first-order chi connectivity index (χ1) is 8.88. The topological polar surface area (TPSA) is 15.3 Å². The molecule has 2 nitrogen and oxygen atoms in total. The maximum Gasteiger partial charge on any atom is 0.0466 e. The molecule has 0 saturated heterocycles. The van der Waals surface area contributed by atoms with Crippen molar-refractivity contribution in [1.82, 2.24) is 10.2 Å². The molecule has 1 aromatic rings. The van der Waals surface area contributed by atoms with E-state index >= 15 is 0 Å². The summed E-state index contributed by atoms with van der Waals surface area (Å²) in [5, 5.41) is 3.64. The number of hydrogen-bond acceptors (Lipinski definition) is 2. The third kappa shape index (κ3) is 4.05. The van der Waals surface area contributed by atoms with Gasteiger partial charge in [0.15, 0.2) is 0 Å². The minimum Gasteiger partial charge on any atom is -0.312 e. The summed E-state index contributed by atoms with van der Waals surface area (Å²) in [6.07, 6.45) is 2.70. The van der Waals surface area contributed by atoms with Crippen LogP contribution in [-0.2, 0) is 5.41 Å². The summed E-state index contributed by atoms with van der Waals surface area (Å²) in [7, 11) is 4.33. The summed E-state index contributed by atoms with van der Waals surface area (Å²) in [6.45, 7) is 7.84. The Morgan fingerprint density at radius 2 is 1.74 bits per heavy atom. The highest BCUT2D eigenvalue weighted by Crippen LogP contribution is 2.26. The number of hydrogen-bond donors (Lipinski definition) is 1. The van der Waals surface area contributed by atoms with Gasteiger partial charge in [0, 0.05) is 18.6 Å². The summed E-state index contributed by atoms with van der Waals surface area (Å²) >= 11 is 0. The van der Waals surface area contributed by atoms with Crippen molar-refractivity contribution in [3.8, 4) is 0 Å². The Kier molecular flexibility index (Phi) is 4.32. The highest BCUT2D eigenvalue weighted by molar-refractivity contribution is 5.29. The third-order valence-electron chi connectivity index (χ3n) is 3.96. The lowest BCUT2D eigenvalue weighted by molar-refractivity contribution is 0.288. The van der Waals surface area contributed by atoms with Gasteiger partial charge in [0.1, 0.15) is 0 Å². The lowest BCUT2D eigenvalue weighted by Gasteiger charge is -2.26. The van der Waals surface area contributed by atoms with Crippen LogP contribution in [0, 0.1) is 0 Å². The van der Waals surface area contributed by atoms with E-state index in [1.54, 1.807) is 0 Å². The first kappa shape index (κ1) is 14.5. The summed E-state index contributed by atoms with van der Waals surface area (Å²) in [5.41, 5.74) is 3.05. The maximum absolute atomic E-state index is 3.64. The van der Waals surface area contributed by atoms with Crippen molar-refractivity contribution < 1.29 is 0 Å². The molecule has 2 heteroatoms. The molecule has 0 heterocycles. The second-order valence-corrected chi connectivity index (χ2v) is 7.03. The van der Waals surface area contributed by atoms with E-state index < -0.39 is 0 Å². The Morgan fingerprint density at radius 3 is 2.16 bits per heavy atom. The molecular formula is C17H28N2. The fourth-order valence-electron chi connectivity index (χ4n) is 2.37. The van der Waals surface area contributed by atoms with Gasteiger partial charge in [0.2, 0.25) is 0 Å². The molecule has 0 spiro atoms. The third-order valence-corrected chi connectivity index (χ3v) is 3.96. The van der Waals surface area contributed by atoms with Crippen LogP contribution >= 0.6 is 0 Å². The van der Waals surface area contributed by atoms with E-state index in [1.807, 2.05) is 0 Å². The van der Waals surface area contributed by atoms with Crippen LogP contribution in [-0.4, -0.2) is 31.6 Å². The van der Waals surface area contributed by atoms with Gasteiger partial charge >= 0.3 is 0 Å². The molecule has 1 fully saturated rings. The van der Waals surface area contributed by atoms with Crippen LogP contribution in [0.25, 0.3) is 0 Å². The van der Waals surface area contributed by atoms with Crippen LogP contribution in [0.2, 0.25) is 0 Å². The number of nitrogens with one attached hydrogen (secondary N) is 1. The van der Waals surface area contributed by atoms with Gasteiger partial charge in [-0.15, -0.1) is 0 Å². The lowest BCUT2D eigenvalue weighted by Crippen LogP contribution is -2.32. The van der Waals surface area contributed by atoms with Crippen LogP contribution in [0.1, 0.15) is 50.8 Å². The Balaban J connectivity index is 2.07. The average molecular weight is 260 g/mol. The molecule has 106 valence electrons. The fourth-order valence-corrected chi connectivity index (χ4v) is 2.37. The number of likely N-dealkylation sites (N-methyl/N-ethyl adjacent to an activating group) is 1. The molecule has 1 aliphatic rings. The molecule has 0 amide bonds. The lowest BCUT2D eigenvalue weighted by atomic mass is 9.86. The van der Waals surface area contributed by atoms with Gasteiger partial charge in [-0.05, 0) is 43.5 Å². The van der Waals surface area contributed by atoms with E-state index in [2.05, 4.69) is 69.3 Å². The molecule has 1 N–H and O–H groups in total. The smallest absolute Gasteiger partial charge is 0.0466 e. The largest absolute Gasteiger partial charge is 0.312 e. The molecule has 0 radical (unpaired) electrons. The minimum absolute atomic E-state index is 0.235. The summed E-state index contributed by atoms with van der Waals surface area (Å²) in [5.74, 6) is 0. The first-order valence-electron chi connectivity index (χ1n) is 7.38. The zero-order chi connectivity index (χ0) is 14.0. The molecular weight excluding hydrogens is 232 g/mol. The van der Waals surface area contributed by atoms with E-state index in [1.165, 1.54) is 24.0 Å². The van der Waals surface area contributed by atoms with E-state index in [4.69, 9.17) is 0 Å². The van der Waals surface area contributed by atoms with Crippen molar-refractivity contribution in [1.29, 1.82) is 0 Å². The zero-order valence-corrected chi connectivity index (χ0v) is 13.0. The van der Waals surface area contributed by atoms with Gasteiger partial charge in [-0.2, -0.15) is 0 Å². The summed E-state index contributed by atoms with van der Waals surface area (Å²) in [4.78, 5) is 2.31. The molecule has 2 rings (SSSR count). The van der Waals surface area contributed by atoms with Gasteiger partial charge in [-0.1, -0.05) is 45.0 Å². The van der Waals surface area contributed by atoms with Crippen molar-refractivity contribution in [2.45, 2.75) is 51.1 Å². The van der Waals surface area contributed by atoms with Crippen LogP contribution in [0.5, 0.6) is 0 Å². The second-order valence-electron chi connectivity index (χ2n) is 7.03. The second kappa shape index (κ2) is 5.64. The van der Waals surface area contributed by atoms with Crippen molar-refractivity contribution in [3.63, 3.8) is 0 Å². The van der Waals surface area contributed by atoms with E-state index in [0.29, 0.717) is 6.04 Å². The Morgan fingerprint density at radius 1 is 1.16 bits per heavy atom. The van der Waals surface area contributed by atoms with Crippen LogP contribution in [0.4, 0.5) is 0 Å². The number of rotatable bonds is 5. The molecule has 1 saturated carbocycles. The van der Waals surface area contributed by atoms with Gasteiger partial charge in [0.05, 0.1) is 0 Å². The Labute approximate surface area is 118 Å². The molecule has 0 aliphatic heterocycles. The SMILES string of the molecule is CN(C)C(CNC1CC1)c1ccc(C(C)(C)C)cc1. The molecule has 0 bridgehead atoms. The highest BCUT2D eigenvalue weighted by Gasteiger charge is 2.23. The Hall–Kier alpha value is -0.860. The monoisotopic (exact) mass is 260 g/mol. The molecule has 0 aromatic heterocycles. The first-order valence-corrected chi connectivity index (χ1v) is 7.38. The van der Waals surface area contributed by atoms with Crippen LogP contribution in [0.15, 0.2) is 24.3 Å². The zero-order valence-electron chi connectivity index (χ0n) is 13.0. The minimum atomic E-state index is 0.235. The Bertz CT molecular complexity index is 396.